The maximum absolute atomic E-state index is 12.5. The average molecular weight is 498 g/mol. The van der Waals surface area contributed by atoms with Crippen molar-refractivity contribution in [3.8, 4) is 0 Å². The summed E-state index contributed by atoms with van der Waals surface area (Å²) in [7, 11) is -9.47. The third-order valence-corrected chi connectivity index (χ3v) is 7.71. The fourth-order valence-corrected chi connectivity index (χ4v) is 5.59. The van der Waals surface area contributed by atoms with Crippen LogP contribution in [0.4, 0.5) is 5.69 Å². The molecule has 0 radical (unpaired) electrons. The zero-order valence-electron chi connectivity index (χ0n) is 16.2. The molecule has 32 heavy (non-hydrogen) atoms. The van der Waals surface area contributed by atoms with Crippen LogP contribution in [-0.4, -0.2) is 30.0 Å². The molecule has 1 heterocycles. The number of pyridine rings is 1. The van der Waals surface area contributed by atoms with E-state index in [0.717, 1.165) is 12.1 Å². The van der Waals surface area contributed by atoms with Gasteiger partial charge in [0.2, 0.25) is 0 Å². The molecule has 4 N–H and O–H groups in total. The van der Waals surface area contributed by atoms with Gasteiger partial charge in [0.15, 0.2) is 0 Å². The average Bonchev–Trinajstić information content (AvgIpc) is 2.71. The van der Waals surface area contributed by atoms with Crippen molar-refractivity contribution in [2.75, 3.05) is 11.2 Å². The number of amides is 1. The predicted molar refractivity (Wildman–Crippen MR) is 122 cm³/mol. The van der Waals surface area contributed by atoms with E-state index in [1.54, 1.807) is 30.3 Å². The number of fused-ring (bicyclic) bond motifs is 1. The molecule has 0 aliphatic carbocycles. The van der Waals surface area contributed by atoms with E-state index in [0.29, 0.717) is 5.56 Å². The molecule has 0 bridgehead atoms. The van der Waals surface area contributed by atoms with E-state index >= 15 is 0 Å². The molecular formula is C19H17ClN3O7PS. The molecule has 10 nitrogen and oxygen atoms in total. The lowest BCUT2D eigenvalue weighted by atomic mass is 10.2. The number of hydrazine groups is 1. The highest BCUT2D eigenvalue weighted by molar-refractivity contribution is 7.92. The Hall–Kier alpha value is -2.95. The number of carbonyl (C=O) groups excluding carboxylic acids is 1. The molecule has 0 spiro atoms. The number of aromatic nitrogens is 1. The number of benzene rings is 2. The number of H-pyrrole nitrogens is 1. The Morgan fingerprint density at radius 3 is 2.59 bits per heavy atom. The first kappa shape index (κ1) is 23.7. The van der Waals surface area contributed by atoms with E-state index in [-0.39, 0.29) is 21.6 Å². The number of anilines is 1. The van der Waals surface area contributed by atoms with E-state index < -0.39 is 40.2 Å². The molecular weight excluding hydrogens is 481 g/mol. The fraction of sp³-hybridized carbons (Fsp3) is 0.0526. The van der Waals surface area contributed by atoms with Gasteiger partial charge < -0.3 is 9.88 Å². The fourth-order valence-electron chi connectivity index (χ4n) is 2.68. The topological polar surface area (TPSA) is 155 Å². The van der Waals surface area contributed by atoms with E-state index in [9.17, 15) is 27.5 Å². The Morgan fingerprint density at radius 1 is 1.25 bits per heavy atom. The second-order valence-corrected chi connectivity index (χ2v) is 10.4. The number of rotatable bonds is 8. The minimum Gasteiger partial charge on any atom is -0.321 e. The van der Waals surface area contributed by atoms with E-state index in [4.69, 9.17) is 11.6 Å². The second kappa shape index (κ2) is 9.27. The highest BCUT2D eigenvalue weighted by Crippen LogP contribution is 2.42. The zero-order valence-corrected chi connectivity index (χ0v) is 18.7. The quantitative estimate of drug-likeness (QED) is 0.210. The van der Waals surface area contributed by atoms with Crippen molar-refractivity contribution >= 4 is 57.1 Å². The molecule has 3 rings (SSSR count). The Labute approximate surface area is 187 Å². The number of hydrogen-bond donors (Lipinski definition) is 4. The Balaban J connectivity index is 1.94. The molecule has 0 saturated heterocycles. The van der Waals surface area contributed by atoms with Gasteiger partial charge in [-0.2, -0.15) is 12.4 Å². The number of nitrogens with one attached hydrogen (secondary N) is 3. The molecule has 0 aliphatic heterocycles. The molecule has 1 unspecified atom stereocenters. The summed E-state index contributed by atoms with van der Waals surface area (Å²) in [6, 6.07) is 12.1. The van der Waals surface area contributed by atoms with Gasteiger partial charge in [-0.1, -0.05) is 35.9 Å². The molecule has 2 aromatic carbocycles. The third-order valence-electron chi connectivity index (χ3n) is 4.10. The third kappa shape index (κ3) is 5.45. The lowest BCUT2D eigenvalue weighted by Gasteiger charge is -2.13. The molecule has 0 aliphatic rings. The Bertz CT molecular complexity index is 1410. The van der Waals surface area contributed by atoms with Gasteiger partial charge in [-0.3, -0.25) is 25.0 Å². The number of hydrogen-bond acceptors (Lipinski definition) is 7. The maximum Gasteiger partial charge on any atom is 0.378 e. The van der Waals surface area contributed by atoms with Gasteiger partial charge in [0.05, 0.1) is 16.5 Å². The normalized spacial score (nSPS) is 13.3. The summed E-state index contributed by atoms with van der Waals surface area (Å²) in [6.07, 6.45) is 0.976. The Kier molecular flexibility index (Phi) is 6.87. The molecule has 168 valence electrons. The van der Waals surface area contributed by atoms with Crippen LogP contribution in [0.5, 0.6) is 0 Å². The number of aromatic amines is 1. The van der Waals surface area contributed by atoms with Crippen molar-refractivity contribution in [2.24, 2.45) is 0 Å². The van der Waals surface area contributed by atoms with Gasteiger partial charge in [-0.15, -0.1) is 6.58 Å². The van der Waals surface area contributed by atoms with Gasteiger partial charge >= 0.3 is 7.60 Å². The van der Waals surface area contributed by atoms with Gasteiger partial charge in [-0.25, -0.2) is 0 Å². The number of halogens is 1. The van der Waals surface area contributed by atoms with Crippen molar-refractivity contribution in [3.05, 3.63) is 82.1 Å². The van der Waals surface area contributed by atoms with Gasteiger partial charge in [0.25, 0.3) is 21.6 Å². The standard InChI is InChI=1S/C19H17ClN3O7PS/c1-2-8-32(28,29)30-31(26,27)17-10-13-9-16(14(20)11-15(13)21-19(17)25)22-23-18(24)12-6-4-3-5-7-12/h2-7,9-11,22H,1,8H2,(H,21,25)(H,23,24)(H,26,27). The molecule has 13 heteroatoms. The summed E-state index contributed by atoms with van der Waals surface area (Å²) < 4.78 is 40.4. The molecule has 0 fully saturated rings. The highest BCUT2D eigenvalue weighted by Gasteiger charge is 2.33. The summed E-state index contributed by atoms with van der Waals surface area (Å²) >= 11 is 6.18. The van der Waals surface area contributed by atoms with E-state index in [1.165, 1.54) is 12.1 Å². The smallest absolute Gasteiger partial charge is 0.321 e. The summed E-state index contributed by atoms with van der Waals surface area (Å²) in [6.45, 7) is 3.23. The largest absolute Gasteiger partial charge is 0.378 e. The first-order chi connectivity index (χ1) is 15.0. The number of carbonyl (C=O) groups is 1. The molecule has 1 atom stereocenters. The first-order valence-electron chi connectivity index (χ1n) is 8.88. The van der Waals surface area contributed by atoms with E-state index in [1.807, 2.05) is 0 Å². The predicted octanol–water partition coefficient (Wildman–Crippen LogP) is 2.28. The van der Waals surface area contributed by atoms with Crippen LogP contribution in [-0.2, 0) is 18.7 Å². The minimum atomic E-state index is -5.04. The van der Waals surface area contributed by atoms with Crippen LogP contribution in [0, 0.1) is 0 Å². The van der Waals surface area contributed by atoms with Gasteiger partial charge in [0, 0.05) is 16.5 Å². The van der Waals surface area contributed by atoms with Crippen molar-refractivity contribution in [1.82, 2.24) is 10.4 Å². The lowest BCUT2D eigenvalue weighted by molar-refractivity contribution is 0.0962. The Morgan fingerprint density at radius 2 is 1.94 bits per heavy atom. The lowest BCUT2D eigenvalue weighted by Crippen LogP contribution is -2.30. The highest BCUT2D eigenvalue weighted by atomic mass is 35.5. The summed E-state index contributed by atoms with van der Waals surface area (Å²) in [4.78, 5) is 37.0. The zero-order chi connectivity index (χ0) is 23.5. The van der Waals surface area contributed by atoms with Gasteiger partial charge in [-0.05, 0) is 30.3 Å². The van der Waals surface area contributed by atoms with Crippen LogP contribution in [0.15, 0.2) is 66.0 Å². The van der Waals surface area contributed by atoms with E-state index in [2.05, 4.69) is 26.4 Å². The molecule has 1 aromatic heterocycles. The monoisotopic (exact) mass is 497 g/mol. The molecule has 0 saturated carbocycles. The van der Waals surface area contributed by atoms with Crippen LogP contribution < -0.4 is 21.7 Å². The second-order valence-electron chi connectivity index (χ2n) is 6.46. The summed E-state index contributed by atoms with van der Waals surface area (Å²) in [5.41, 5.74) is 4.89. The minimum absolute atomic E-state index is 0.131. The van der Waals surface area contributed by atoms with Crippen LogP contribution in [0.25, 0.3) is 10.9 Å². The van der Waals surface area contributed by atoms with Crippen LogP contribution in [0.1, 0.15) is 10.4 Å². The van der Waals surface area contributed by atoms with Crippen LogP contribution >= 0.6 is 19.2 Å². The van der Waals surface area contributed by atoms with Gasteiger partial charge in [0.1, 0.15) is 5.30 Å². The van der Waals surface area contributed by atoms with Crippen molar-refractivity contribution in [3.63, 3.8) is 0 Å². The molecule has 1 amide bonds. The summed E-state index contributed by atoms with van der Waals surface area (Å²) in [5.74, 6) is -1.15. The van der Waals surface area contributed by atoms with Crippen LogP contribution in [0.2, 0.25) is 5.02 Å². The van der Waals surface area contributed by atoms with Crippen LogP contribution in [0.3, 0.4) is 0 Å². The first-order valence-corrected chi connectivity index (χ1v) is 12.4. The maximum atomic E-state index is 12.5. The van der Waals surface area contributed by atoms with Crippen molar-refractivity contribution in [2.45, 2.75) is 0 Å². The SMILES string of the molecule is C=CCS(=O)(=O)OP(=O)(O)c1cc2cc(NNC(=O)c3ccccc3)c(Cl)cc2[nH]c1=O. The van der Waals surface area contributed by atoms with Crippen molar-refractivity contribution in [1.29, 1.82) is 0 Å². The summed E-state index contributed by atoms with van der Waals surface area (Å²) in [5, 5.41) is -0.426. The molecule has 3 aromatic rings. The van der Waals surface area contributed by atoms with Crippen molar-refractivity contribution < 1.29 is 26.6 Å².